The highest BCUT2D eigenvalue weighted by atomic mass is 32.1. The number of carbonyl (C=O) groups excluding carboxylic acids is 2. The fourth-order valence-corrected chi connectivity index (χ4v) is 3.41. The SMILES string of the molecule is COCCn1c(C)cc(/C=C2/C(=O)NC(=S)N(c3ccccc3)C2=O)c1C. The maximum absolute atomic E-state index is 13.0. The fraction of sp³-hybridized carbons (Fsp3) is 0.250. The Morgan fingerprint density at radius 3 is 2.56 bits per heavy atom. The number of rotatable bonds is 5. The molecule has 1 aromatic heterocycles. The van der Waals surface area contributed by atoms with Gasteiger partial charge < -0.3 is 9.30 Å². The van der Waals surface area contributed by atoms with Gasteiger partial charge in [0.25, 0.3) is 11.8 Å². The average molecular weight is 383 g/mol. The summed E-state index contributed by atoms with van der Waals surface area (Å²) in [4.78, 5) is 26.8. The van der Waals surface area contributed by atoms with Gasteiger partial charge in [-0.3, -0.25) is 19.8 Å². The van der Waals surface area contributed by atoms with E-state index in [1.807, 2.05) is 38.1 Å². The third-order valence-corrected chi connectivity index (χ3v) is 4.83. The van der Waals surface area contributed by atoms with E-state index in [1.165, 1.54) is 4.90 Å². The number of anilines is 1. The second-order valence-corrected chi connectivity index (χ2v) is 6.65. The van der Waals surface area contributed by atoms with E-state index in [1.54, 1.807) is 25.3 Å². The van der Waals surface area contributed by atoms with Crippen molar-refractivity contribution in [2.45, 2.75) is 20.4 Å². The molecule has 0 saturated carbocycles. The van der Waals surface area contributed by atoms with Gasteiger partial charge in [0.05, 0.1) is 12.3 Å². The third-order valence-electron chi connectivity index (χ3n) is 4.55. The Balaban J connectivity index is 1.99. The highest BCUT2D eigenvalue weighted by molar-refractivity contribution is 7.80. The van der Waals surface area contributed by atoms with E-state index < -0.39 is 11.8 Å². The summed E-state index contributed by atoms with van der Waals surface area (Å²) >= 11 is 5.21. The largest absolute Gasteiger partial charge is 0.383 e. The molecule has 1 aliphatic heterocycles. The van der Waals surface area contributed by atoms with E-state index in [2.05, 4.69) is 9.88 Å². The lowest BCUT2D eigenvalue weighted by Gasteiger charge is -2.28. The van der Waals surface area contributed by atoms with Gasteiger partial charge in [-0.05, 0) is 55.9 Å². The van der Waals surface area contributed by atoms with Crippen LogP contribution in [0.15, 0.2) is 42.0 Å². The number of ether oxygens (including phenoxy) is 1. The summed E-state index contributed by atoms with van der Waals surface area (Å²) in [5.41, 5.74) is 3.50. The van der Waals surface area contributed by atoms with Crippen LogP contribution in [0.25, 0.3) is 6.08 Å². The average Bonchev–Trinajstić information content (AvgIpc) is 2.91. The number of nitrogens with one attached hydrogen (secondary N) is 1. The standard InChI is InChI=1S/C20H21N3O3S/c1-13-11-15(14(2)22(13)9-10-26-3)12-17-18(24)21-20(27)23(19(17)25)16-7-5-4-6-8-16/h4-8,11-12H,9-10H2,1-3H3,(H,21,24,27)/b17-12-. The van der Waals surface area contributed by atoms with Gasteiger partial charge in [0.1, 0.15) is 5.57 Å². The van der Waals surface area contributed by atoms with Crippen molar-refractivity contribution in [3.63, 3.8) is 0 Å². The number of para-hydroxylation sites is 1. The summed E-state index contributed by atoms with van der Waals surface area (Å²) in [6, 6.07) is 11.0. The number of benzene rings is 1. The van der Waals surface area contributed by atoms with Crippen molar-refractivity contribution in [1.82, 2.24) is 9.88 Å². The van der Waals surface area contributed by atoms with Crippen LogP contribution in [0.1, 0.15) is 17.0 Å². The summed E-state index contributed by atoms with van der Waals surface area (Å²) in [5, 5.41) is 2.69. The molecule has 6 nitrogen and oxygen atoms in total. The molecular formula is C20H21N3O3S. The van der Waals surface area contributed by atoms with E-state index in [0.717, 1.165) is 17.0 Å². The molecule has 0 spiro atoms. The molecule has 140 valence electrons. The molecule has 0 aliphatic carbocycles. The van der Waals surface area contributed by atoms with Crippen molar-refractivity contribution in [3.05, 3.63) is 58.9 Å². The van der Waals surface area contributed by atoms with E-state index in [-0.39, 0.29) is 10.7 Å². The summed E-state index contributed by atoms with van der Waals surface area (Å²) in [6.45, 7) is 5.23. The lowest BCUT2D eigenvalue weighted by molar-refractivity contribution is -0.122. The quantitative estimate of drug-likeness (QED) is 0.490. The van der Waals surface area contributed by atoms with Gasteiger partial charge in [-0.2, -0.15) is 0 Å². The number of methoxy groups -OCH3 is 1. The van der Waals surface area contributed by atoms with Crippen LogP contribution in [0.2, 0.25) is 0 Å². The van der Waals surface area contributed by atoms with Crippen LogP contribution in [0.3, 0.4) is 0 Å². The molecule has 1 N–H and O–H groups in total. The van der Waals surface area contributed by atoms with Gasteiger partial charge in [0.2, 0.25) is 0 Å². The molecule has 7 heteroatoms. The maximum Gasteiger partial charge on any atom is 0.270 e. The number of aromatic nitrogens is 1. The number of carbonyl (C=O) groups is 2. The Kier molecular flexibility index (Phi) is 5.53. The van der Waals surface area contributed by atoms with Crippen LogP contribution >= 0.6 is 12.2 Å². The molecule has 1 fully saturated rings. The van der Waals surface area contributed by atoms with Gasteiger partial charge in [-0.1, -0.05) is 18.2 Å². The molecule has 1 aromatic carbocycles. The molecule has 27 heavy (non-hydrogen) atoms. The molecule has 0 radical (unpaired) electrons. The summed E-state index contributed by atoms with van der Waals surface area (Å²) in [5.74, 6) is -0.921. The molecule has 1 aliphatic rings. The Bertz CT molecular complexity index is 931. The monoisotopic (exact) mass is 383 g/mol. The predicted octanol–water partition coefficient (Wildman–Crippen LogP) is 2.58. The molecule has 0 bridgehead atoms. The second-order valence-electron chi connectivity index (χ2n) is 6.26. The van der Waals surface area contributed by atoms with Crippen LogP contribution < -0.4 is 10.2 Å². The summed E-state index contributed by atoms with van der Waals surface area (Å²) < 4.78 is 7.25. The Morgan fingerprint density at radius 1 is 1.19 bits per heavy atom. The molecule has 2 amide bonds. The molecule has 0 unspecified atom stereocenters. The maximum atomic E-state index is 13.0. The predicted molar refractivity (Wildman–Crippen MR) is 108 cm³/mol. The first-order chi connectivity index (χ1) is 12.9. The summed E-state index contributed by atoms with van der Waals surface area (Å²) in [7, 11) is 1.66. The molecule has 0 atom stereocenters. The van der Waals surface area contributed by atoms with Crippen LogP contribution in [0, 0.1) is 13.8 Å². The first kappa shape index (κ1) is 19.0. The van der Waals surface area contributed by atoms with Crippen LogP contribution in [-0.2, 0) is 20.9 Å². The number of thiocarbonyl (C=S) groups is 1. The van der Waals surface area contributed by atoms with Crippen molar-refractivity contribution < 1.29 is 14.3 Å². The first-order valence-electron chi connectivity index (χ1n) is 8.56. The highest BCUT2D eigenvalue weighted by Gasteiger charge is 2.34. The van der Waals surface area contributed by atoms with Crippen molar-refractivity contribution in [3.8, 4) is 0 Å². The lowest BCUT2D eigenvalue weighted by atomic mass is 10.1. The number of aryl methyl sites for hydroxylation is 1. The van der Waals surface area contributed by atoms with E-state index in [0.29, 0.717) is 18.8 Å². The first-order valence-corrected chi connectivity index (χ1v) is 8.97. The normalized spacial score (nSPS) is 16.2. The van der Waals surface area contributed by atoms with Gasteiger partial charge in [0, 0.05) is 25.0 Å². The molecular weight excluding hydrogens is 362 g/mol. The molecule has 3 rings (SSSR count). The number of hydrogen-bond donors (Lipinski definition) is 1. The molecule has 1 saturated heterocycles. The van der Waals surface area contributed by atoms with E-state index in [4.69, 9.17) is 17.0 Å². The van der Waals surface area contributed by atoms with E-state index in [9.17, 15) is 9.59 Å². The van der Waals surface area contributed by atoms with Crippen molar-refractivity contribution >= 4 is 40.9 Å². The van der Waals surface area contributed by atoms with Crippen LogP contribution in [0.4, 0.5) is 5.69 Å². The smallest absolute Gasteiger partial charge is 0.270 e. The zero-order chi connectivity index (χ0) is 19.6. The Morgan fingerprint density at radius 2 is 1.89 bits per heavy atom. The van der Waals surface area contributed by atoms with Crippen molar-refractivity contribution in [2.24, 2.45) is 0 Å². The zero-order valence-electron chi connectivity index (χ0n) is 15.5. The minimum atomic E-state index is -0.487. The van der Waals surface area contributed by atoms with E-state index >= 15 is 0 Å². The van der Waals surface area contributed by atoms with Gasteiger partial charge >= 0.3 is 0 Å². The Labute approximate surface area is 163 Å². The van der Waals surface area contributed by atoms with Gasteiger partial charge in [-0.15, -0.1) is 0 Å². The Hall–Kier alpha value is -2.77. The number of nitrogens with zero attached hydrogens (tertiary/aromatic N) is 2. The second kappa shape index (κ2) is 7.85. The fourth-order valence-electron chi connectivity index (χ4n) is 3.13. The van der Waals surface area contributed by atoms with Gasteiger partial charge in [-0.25, -0.2) is 0 Å². The third kappa shape index (κ3) is 3.70. The minimum absolute atomic E-state index is 0.0550. The van der Waals surface area contributed by atoms with Gasteiger partial charge in [0.15, 0.2) is 5.11 Å². The lowest BCUT2D eigenvalue weighted by Crippen LogP contribution is -2.54. The van der Waals surface area contributed by atoms with Crippen molar-refractivity contribution in [2.75, 3.05) is 18.6 Å². The number of hydrogen-bond acceptors (Lipinski definition) is 4. The van der Waals surface area contributed by atoms with Crippen LogP contribution in [-0.4, -0.2) is 35.2 Å². The topological polar surface area (TPSA) is 63.6 Å². The van der Waals surface area contributed by atoms with Crippen LogP contribution in [0.5, 0.6) is 0 Å². The number of amides is 2. The highest BCUT2D eigenvalue weighted by Crippen LogP contribution is 2.24. The minimum Gasteiger partial charge on any atom is -0.383 e. The molecule has 2 aromatic rings. The summed E-state index contributed by atoms with van der Waals surface area (Å²) in [6.07, 6.45) is 1.63. The van der Waals surface area contributed by atoms with Crippen molar-refractivity contribution in [1.29, 1.82) is 0 Å². The zero-order valence-corrected chi connectivity index (χ0v) is 16.3. The molecule has 2 heterocycles.